The second kappa shape index (κ2) is 6.11. The van der Waals surface area contributed by atoms with Gasteiger partial charge in [-0.15, -0.1) is 0 Å². The first-order chi connectivity index (χ1) is 9.88. The highest BCUT2D eigenvalue weighted by Crippen LogP contribution is 2.33. The number of benzene rings is 2. The van der Waals surface area contributed by atoms with Gasteiger partial charge in [-0.3, -0.25) is 10.1 Å². The standard InChI is InChI=1S/C15H14ClNO4/c1-9-7-12(4-5-14(9)17(19)20)21-15-6-3-11(10(2)18)8-13(15)16/h3-8,10,18H,1-2H3. The maximum atomic E-state index is 10.8. The lowest BCUT2D eigenvalue weighted by atomic mass is 10.1. The third-order valence-corrected chi connectivity index (χ3v) is 3.33. The molecule has 5 nitrogen and oxygen atoms in total. The number of nitro benzene ring substituents is 1. The Hall–Kier alpha value is -2.11. The van der Waals surface area contributed by atoms with Crippen LogP contribution in [0.5, 0.6) is 11.5 Å². The Morgan fingerprint density at radius 2 is 2.00 bits per heavy atom. The Labute approximate surface area is 126 Å². The van der Waals surface area contributed by atoms with Gasteiger partial charge in [0.25, 0.3) is 5.69 Å². The predicted molar refractivity (Wildman–Crippen MR) is 80.0 cm³/mol. The van der Waals surface area contributed by atoms with Gasteiger partial charge in [0.05, 0.1) is 16.0 Å². The minimum Gasteiger partial charge on any atom is -0.456 e. The molecule has 2 aromatic rings. The van der Waals surface area contributed by atoms with Crippen LogP contribution in [0.15, 0.2) is 36.4 Å². The Bertz CT molecular complexity index is 685. The molecule has 0 bridgehead atoms. The monoisotopic (exact) mass is 307 g/mol. The van der Waals surface area contributed by atoms with E-state index in [-0.39, 0.29) is 5.69 Å². The molecule has 0 heterocycles. The molecule has 110 valence electrons. The summed E-state index contributed by atoms with van der Waals surface area (Å²) >= 11 is 6.10. The zero-order valence-electron chi connectivity index (χ0n) is 11.5. The molecule has 0 aliphatic heterocycles. The summed E-state index contributed by atoms with van der Waals surface area (Å²) in [7, 11) is 0. The highest BCUT2D eigenvalue weighted by molar-refractivity contribution is 6.32. The Morgan fingerprint density at radius 1 is 1.29 bits per heavy atom. The maximum absolute atomic E-state index is 10.8. The van der Waals surface area contributed by atoms with E-state index in [9.17, 15) is 15.2 Å². The number of aliphatic hydroxyl groups is 1. The minimum absolute atomic E-state index is 0.0397. The number of halogens is 1. The van der Waals surface area contributed by atoms with Crippen molar-refractivity contribution in [2.75, 3.05) is 0 Å². The molecule has 0 saturated heterocycles. The van der Waals surface area contributed by atoms with Gasteiger partial charge in [-0.25, -0.2) is 0 Å². The van der Waals surface area contributed by atoms with Gasteiger partial charge in [0.2, 0.25) is 0 Å². The summed E-state index contributed by atoms with van der Waals surface area (Å²) in [6.07, 6.45) is -0.613. The molecule has 21 heavy (non-hydrogen) atoms. The largest absolute Gasteiger partial charge is 0.456 e. The van der Waals surface area contributed by atoms with Crippen LogP contribution in [-0.2, 0) is 0 Å². The van der Waals surface area contributed by atoms with E-state index in [1.807, 2.05) is 0 Å². The fourth-order valence-electron chi connectivity index (χ4n) is 1.88. The molecule has 6 heteroatoms. The molecule has 0 amide bonds. The Morgan fingerprint density at radius 3 is 2.52 bits per heavy atom. The highest BCUT2D eigenvalue weighted by Gasteiger charge is 2.12. The van der Waals surface area contributed by atoms with E-state index < -0.39 is 11.0 Å². The van der Waals surface area contributed by atoms with Gasteiger partial charge in [0, 0.05) is 11.6 Å². The molecule has 2 rings (SSSR count). The maximum Gasteiger partial charge on any atom is 0.272 e. The van der Waals surface area contributed by atoms with Crippen LogP contribution < -0.4 is 4.74 Å². The van der Waals surface area contributed by atoms with Crippen LogP contribution in [0.4, 0.5) is 5.69 Å². The van der Waals surface area contributed by atoms with Gasteiger partial charge in [0.1, 0.15) is 11.5 Å². The van der Waals surface area contributed by atoms with Crippen molar-refractivity contribution in [3.63, 3.8) is 0 Å². The third kappa shape index (κ3) is 3.51. The molecular weight excluding hydrogens is 294 g/mol. The summed E-state index contributed by atoms with van der Waals surface area (Å²) in [6.45, 7) is 3.29. The molecule has 0 saturated carbocycles. The van der Waals surface area contributed by atoms with Crippen molar-refractivity contribution >= 4 is 17.3 Å². The number of hydrogen-bond donors (Lipinski definition) is 1. The van der Waals surface area contributed by atoms with Crippen molar-refractivity contribution in [3.05, 3.63) is 62.7 Å². The van der Waals surface area contributed by atoms with Crippen molar-refractivity contribution < 1.29 is 14.8 Å². The van der Waals surface area contributed by atoms with E-state index in [1.54, 1.807) is 38.1 Å². The molecule has 2 aromatic carbocycles. The fraction of sp³-hybridized carbons (Fsp3) is 0.200. The summed E-state index contributed by atoms with van der Waals surface area (Å²) in [6, 6.07) is 9.48. The molecule has 0 aliphatic carbocycles. The smallest absolute Gasteiger partial charge is 0.272 e. The SMILES string of the molecule is Cc1cc(Oc2ccc(C(C)O)cc2Cl)ccc1[N+](=O)[O-]. The summed E-state index contributed by atoms with van der Waals surface area (Å²) in [5.41, 5.74) is 1.24. The van der Waals surface area contributed by atoms with Crippen LogP contribution in [0, 0.1) is 17.0 Å². The van der Waals surface area contributed by atoms with Crippen LogP contribution in [0.1, 0.15) is 24.2 Å². The van der Waals surface area contributed by atoms with Crippen LogP contribution in [0.3, 0.4) is 0 Å². The van der Waals surface area contributed by atoms with Crippen molar-refractivity contribution in [1.29, 1.82) is 0 Å². The van der Waals surface area contributed by atoms with E-state index in [0.29, 0.717) is 27.6 Å². The molecule has 1 atom stereocenters. The van der Waals surface area contributed by atoms with Crippen molar-refractivity contribution in [2.24, 2.45) is 0 Å². The summed E-state index contributed by atoms with van der Waals surface area (Å²) in [4.78, 5) is 10.3. The van der Waals surface area contributed by atoms with Gasteiger partial charge in [-0.05, 0) is 43.7 Å². The lowest BCUT2D eigenvalue weighted by Crippen LogP contribution is -1.94. The average molecular weight is 308 g/mol. The first-order valence-corrected chi connectivity index (χ1v) is 6.66. The number of ether oxygens (including phenoxy) is 1. The molecule has 0 fully saturated rings. The zero-order chi connectivity index (χ0) is 15.6. The van der Waals surface area contributed by atoms with E-state index in [0.717, 1.165) is 0 Å². The van der Waals surface area contributed by atoms with Crippen molar-refractivity contribution in [1.82, 2.24) is 0 Å². The zero-order valence-corrected chi connectivity index (χ0v) is 12.3. The number of nitrogens with zero attached hydrogens (tertiary/aromatic N) is 1. The first-order valence-electron chi connectivity index (χ1n) is 6.29. The van der Waals surface area contributed by atoms with Crippen molar-refractivity contribution in [2.45, 2.75) is 20.0 Å². The molecule has 0 radical (unpaired) electrons. The summed E-state index contributed by atoms with van der Waals surface area (Å²) < 4.78 is 5.62. The van der Waals surface area contributed by atoms with Gasteiger partial charge in [0.15, 0.2) is 0 Å². The van der Waals surface area contributed by atoms with Gasteiger partial charge in [-0.2, -0.15) is 0 Å². The second-order valence-corrected chi connectivity index (χ2v) is 5.08. The fourth-order valence-corrected chi connectivity index (χ4v) is 2.11. The Kier molecular flexibility index (Phi) is 4.45. The predicted octanol–water partition coefficient (Wildman–Crippen LogP) is 4.40. The molecule has 0 spiro atoms. The number of aryl methyl sites for hydroxylation is 1. The number of nitro groups is 1. The lowest BCUT2D eigenvalue weighted by molar-refractivity contribution is -0.385. The number of aliphatic hydroxyl groups excluding tert-OH is 1. The molecule has 0 aliphatic rings. The quantitative estimate of drug-likeness (QED) is 0.671. The summed E-state index contributed by atoms with van der Waals surface area (Å²) in [5.74, 6) is 0.888. The molecule has 1 N–H and O–H groups in total. The van der Waals surface area contributed by atoms with Crippen LogP contribution in [0.2, 0.25) is 5.02 Å². The minimum atomic E-state index is -0.613. The lowest BCUT2D eigenvalue weighted by Gasteiger charge is -2.11. The second-order valence-electron chi connectivity index (χ2n) is 4.67. The van der Waals surface area contributed by atoms with Gasteiger partial charge < -0.3 is 9.84 Å². The van der Waals surface area contributed by atoms with E-state index in [1.165, 1.54) is 12.1 Å². The van der Waals surface area contributed by atoms with Crippen LogP contribution >= 0.6 is 11.6 Å². The highest BCUT2D eigenvalue weighted by atomic mass is 35.5. The molecule has 1 unspecified atom stereocenters. The van der Waals surface area contributed by atoms with Crippen molar-refractivity contribution in [3.8, 4) is 11.5 Å². The van der Waals surface area contributed by atoms with E-state index in [2.05, 4.69) is 0 Å². The molecular formula is C15H14ClNO4. The number of rotatable bonds is 4. The Balaban J connectivity index is 2.26. The van der Waals surface area contributed by atoms with Gasteiger partial charge >= 0.3 is 0 Å². The van der Waals surface area contributed by atoms with Crippen LogP contribution in [-0.4, -0.2) is 10.0 Å². The molecule has 0 aromatic heterocycles. The van der Waals surface area contributed by atoms with E-state index >= 15 is 0 Å². The van der Waals surface area contributed by atoms with Crippen LogP contribution in [0.25, 0.3) is 0 Å². The third-order valence-electron chi connectivity index (χ3n) is 3.03. The average Bonchev–Trinajstić information content (AvgIpc) is 2.40. The normalized spacial score (nSPS) is 12.0. The van der Waals surface area contributed by atoms with Gasteiger partial charge in [-0.1, -0.05) is 17.7 Å². The topological polar surface area (TPSA) is 72.6 Å². The summed E-state index contributed by atoms with van der Waals surface area (Å²) in [5, 5.41) is 20.6. The number of hydrogen-bond acceptors (Lipinski definition) is 4. The first kappa shape index (κ1) is 15.3. The van der Waals surface area contributed by atoms with E-state index in [4.69, 9.17) is 16.3 Å².